The Bertz CT molecular complexity index is 778. The van der Waals surface area contributed by atoms with Gasteiger partial charge in [-0.2, -0.15) is 10.2 Å². The second kappa shape index (κ2) is 7.23. The van der Waals surface area contributed by atoms with Gasteiger partial charge < -0.3 is 16.2 Å². The van der Waals surface area contributed by atoms with Crippen LogP contribution in [0.3, 0.4) is 0 Å². The quantitative estimate of drug-likeness (QED) is 0.422. The predicted octanol–water partition coefficient (Wildman–Crippen LogP) is 1.73. The number of hydrogen-bond donors (Lipinski definition) is 3. The number of morpholine rings is 1. The summed E-state index contributed by atoms with van der Waals surface area (Å²) in [5, 5.41) is 25.4. The summed E-state index contributed by atoms with van der Waals surface area (Å²) in [5.41, 5.74) is 12.6. The number of nitro groups is 1. The largest absolute Gasteiger partial charge is 0.382 e. The molecule has 0 bridgehead atoms. The lowest BCUT2D eigenvalue weighted by molar-refractivity contribution is -0.384. The molecule has 1 fully saturated rings. The van der Waals surface area contributed by atoms with Crippen LogP contribution in [0.1, 0.15) is 5.56 Å². The second-order valence-corrected chi connectivity index (χ2v) is 5.57. The summed E-state index contributed by atoms with van der Waals surface area (Å²) >= 11 is 0. The number of anilines is 2. The number of hydrogen-bond acceptors (Lipinski definition) is 9. The van der Waals surface area contributed by atoms with Crippen molar-refractivity contribution in [3.63, 3.8) is 0 Å². The average Bonchev–Trinajstić information content (AvgIpc) is 2.92. The highest BCUT2D eigenvalue weighted by Crippen LogP contribution is 2.30. The minimum atomic E-state index is -0.456. The van der Waals surface area contributed by atoms with E-state index in [0.717, 1.165) is 18.7 Å². The first-order valence-electron chi connectivity index (χ1n) is 7.62. The minimum absolute atomic E-state index is 0.0483. The van der Waals surface area contributed by atoms with Gasteiger partial charge in [-0.05, 0) is 11.6 Å². The maximum Gasteiger partial charge on any atom is 0.271 e. The summed E-state index contributed by atoms with van der Waals surface area (Å²) in [6.07, 6.45) is 0. The van der Waals surface area contributed by atoms with Gasteiger partial charge in [0.2, 0.25) is 0 Å². The third-order valence-electron chi connectivity index (χ3n) is 3.74. The molecule has 2 aromatic rings. The minimum Gasteiger partial charge on any atom is -0.382 e. The maximum absolute atomic E-state index is 11.2. The van der Waals surface area contributed by atoms with Gasteiger partial charge in [0, 0.05) is 31.8 Å². The first-order chi connectivity index (χ1) is 12.0. The Balaban J connectivity index is 1.86. The zero-order valence-corrected chi connectivity index (χ0v) is 13.4. The molecule has 11 heteroatoms. The van der Waals surface area contributed by atoms with Crippen LogP contribution in [-0.2, 0) is 11.3 Å². The van der Waals surface area contributed by atoms with Gasteiger partial charge in [-0.25, -0.2) is 0 Å². The Kier molecular flexibility index (Phi) is 4.86. The van der Waals surface area contributed by atoms with Gasteiger partial charge in [0.15, 0.2) is 11.5 Å². The predicted molar refractivity (Wildman–Crippen MR) is 90.8 cm³/mol. The van der Waals surface area contributed by atoms with E-state index < -0.39 is 4.92 Å². The molecular weight excluding hydrogens is 328 g/mol. The van der Waals surface area contributed by atoms with E-state index in [1.165, 1.54) is 12.1 Å². The molecule has 0 unspecified atom stereocenters. The van der Waals surface area contributed by atoms with Crippen molar-refractivity contribution in [2.75, 3.05) is 37.8 Å². The van der Waals surface area contributed by atoms with Crippen LogP contribution in [0.5, 0.6) is 0 Å². The number of aromatic amines is 1. The molecule has 11 nitrogen and oxygen atoms in total. The number of azo groups is 1. The molecule has 1 aromatic carbocycles. The van der Waals surface area contributed by atoms with Crippen LogP contribution >= 0.6 is 0 Å². The third-order valence-corrected chi connectivity index (χ3v) is 3.74. The summed E-state index contributed by atoms with van der Waals surface area (Å²) in [6, 6.07) is 4.63. The standard InChI is InChI=1S/C14H18N8O3/c15-13-12(14(16)20-19-13)18-17-10-5-9(6-11(7-10)22(23)24)8-21-1-3-25-4-2-21/h5-7H,1-4,8H2,(H5,15,16,19,20). The highest BCUT2D eigenvalue weighted by atomic mass is 16.6. The average molecular weight is 346 g/mol. The Morgan fingerprint density at radius 2 is 2.04 bits per heavy atom. The lowest BCUT2D eigenvalue weighted by atomic mass is 10.1. The highest BCUT2D eigenvalue weighted by molar-refractivity contribution is 5.70. The smallest absolute Gasteiger partial charge is 0.271 e. The van der Waals surface area contributed by atoms with Crippen LogP contribution in [0.15, 0.2) is 28.4 Å². The Hall–Kier alpha value is -3.05. The first-order valence-corrected chi connectivity index (χ1v) is 7.62. The molecule has 3 rings (SSSR count). The molecule has 0 radical (unpaired) electrons. The summed E-state index contributed by atoms with van der Waals surface area (Å²) < 4.78 is 5.31. The van der Waals surface area contributed by atoms with Crippen molar-refractivity contribution in [2.24, 2.45) is 10.2 Å². The van der Waals surface area contributed by atoms with Crippen LogP contribution in [-0.4, -0.2) is 46.3 Å². The summed E-state index contributed by atoms with van der Waals surface area (Å²) in [4.78, 5) is 12.9. The van der Waals surface area contributed by atoms with Crippen molar-refractivity contribution >= 4 is 28.7 Å². The molecule has 0 spiro atoms. The molecule has 1 aliphatic heterocycles. The van der Waals surface area contributed by atoms with E-state index in [-0.39, 0.29) is 23.0 Å². The van der Waals surface area contributed by atoms with Gasteiger partial charge in [-0.3, -0.25) is 20.1 Å². The van der Waals surface area contributed by atoms with Gasteiger partial charge in [0.05, 0.1) is 23.8 Å². The molecular formula is C14H18N8O3. The van der Waals surface area contributed by atoms with Crippen LogP contribution < -0.4 is 11.5 Å². The van der Waals surface area contributed by atoms with E-state index in [2.05, 4.69) is 25.3 Å². The first kappa shape index (κ1) is 16.8. The molecule has 0 atom stereocenters. The van der Waals surface area contributed by atoms with Gasteiger partial charge >= 0.3 is 0 Å². The van der Waals surface area contributed by atoms with E-state index in [1.807, 2.05) is 0 Å². The Morgan fingerprint density at radius 3 is 2.68 bits per heavy atom. The molecule has 0 aliphatic carbocycles. The zero-order chi connectivity index (χ0) is 17.8. The van der Waals surface area contributed by atoms with E-state index in [4.69, 9.17) is 16.2 Å². The number of rotatable bonds is 5. The van der Waals surface area contributed by atoms with Crippen molar-refractivity contribution in [1.82, 2.24) is 15.1 Å². The molecule has 1 saturated heterocycles. The molecule has 2 heterocycles. The van der Waals surface area contributed by atoms with E-state index in [1.54, 1.807) is 6.07 Å². The van der Waals surface area contributed by atoms with Crippen LogP contribution in [0.4, 0.5) is 28.7 Å². The Labute approximate surface area is 142 Å². The maximum atomic E-state index is 11.2. The van der Waals surface area contributed by atoms with Gasteiger partial charge in [-0.1, -0.05) is 0 Å². The number of H-pyrrole nitrogens is 1. The highest BCUT2D eigenvalue weighted by Gasteiger charge is 2.15. The molecule has 25 heavy (non-hydrogen) atoms. The van der Waals surface area contributed by atoms with E-state index >= 15 is 0 Å². The number of nitrogens with one attached hydrogen (secondary N) is 1. The molecule has 1 aliphatic rings. The lowest BCUT2D eigenvalue weighted by Gasteiger charge is -2.26. The summed E-state index contributed by atoms with van der Waals surface area (Å²) in [6.45, 7) is 3.44. The van der Waals surface area contributed by atoms with Crippen molar-refractivity contribution in [1.29, 1.82) is 0 Å². The molecule has 5 N–H and O–H groups in total. The van der Waals surface area contributed by atoms with Crippen molar-refractivity contribution in [3.8, 4) is 0 Å². The fourth-order valence-electron chi connectivity index (χ4n) is 2.51. The zero-order valence-electron chi connectivity index (χ0n) is 13.4. The Morgan fingerprint density at radius 1 is 1.28 bits per heavy atom. The monoisotopic (exact) mass is 346 g/mol. The van der Waals surface area contributed by atoms with Crippen LogP contribution in [0.25, 0.3) is 0 Å². The number of aromatic nitrogens is 2. The number of non-ortho nitro benzene ring substituents is 1. The van der Waals surface area contributed by atoms with Crippen molar-refractivity contribution in [2.45, 2.75) is 6.54 Å². The van der Waals surface area contributed by atoms with Gasteiger partial charge in [0.1, 0.15) is 5.82 Å². The number of nitrogen functional groups attached to an aromatic ring is 2. The van der Waals surface area contributed by atoms with Crippen molar-refractivity contribution in [3.05, 3.63) is 33.9 Å². The van der Waals surface area contributed by atoms with E-state index in [9.17, 15) is 10.1 Å². The van der Waals surface area contributed by atoms with Gasteiger partial charge in [0.25, 0.3) is 5.69 Å². The van der Waals surface area contributed by atoms with Crippen LogP contribution in [0, 0.1) is 10.1 Å². The number of benzene rings is 1. The van der Waals surface area contributed by atoms with Crippen LogP contribution in [0.2, 0.25) is 0 Å². The normalized spacial score (nSPS) is 15.7. The third kappa shape index (κ3) is 4.08. The summed E-state index contributed by atoms with van der Waals surface area (Å²) in [5.74, 6) is 0.292. The second-order valence-electron chi connectivity index (χ2n) is 5.57. The lowest BCUT2D eigenvalue weighted by Crippen LogP contribution is -2.35. The summed E-state index contributed by atoms with van der Waals surface area (Å²) in [7, 11) is 0. The van der Waals surface area contributed by atoms with Crippen molar-refractivity contribution < 1.29 is 9.66 Å². The molecule has 0 saturated carbocycles. The topological polar surface area (TPSA) is 161 Å². The molecule has 132 valence electrons. The molecule has 0 amide bonds. The fourth-order valence-corrected chi connectivity index (χ4v) is 2.51. The number of nitrogens with zero attached hydrogens (tertiary/aromatic N) is 5. The number of nitro benzene ring substituents is 1. The number of nitrogens with two attached hydrogens (primary N) is 2. The van der Waals surface area contributed by atoms with E-state index in [0.29, 0.717) is 25.4 Å². The molecule has 1 aromatic heterocycles. The number of ether oxygens (including phenoxy) is 1. The SMILES string of the molecule is Nc1n[nH]c(N)c1N=Nc1cc(CN2CCOCC2)cc([N+](=O)[O-])c1. The fraction of sp³-hybridized carbons (Fsp3) is 0.357. The van der Waals surface area contributed by atoms with Gasteiger partial charge in [-0.15, -0.1) is 5.11 Å².